The molecule has 4 rings (SSSR count). The summed E-state index contributed by atoms with van der Waals surface area (Å²) in [5.41, 5.74) is 3.24. The van der Waals surface area contributed by atoms with Crippen LogP contribution in [-0.2, 0) is 19.4 Å². The first-order valence-corrected chi connectivity index (χ1v) is 9.84. The smallest absolute Gasteiger partial charge is 0.336 e. The van der Waals surface area contributed by atoms with Crippen LogP contribution in [0.5, 0.6) is 11.5 Å². The minimum Gasteiger partial charge on any atom is -0.496 e. The quantitative estimate of drug-likeness (QED) is 0.669. The van der Waals surface area contributed by atoms with Gasteiger partial charge in [0.1, 0.15) is 12.3 Å². The SMILES string of the molecule is CCc1cc(=O)oc2c3c(c(Cl)cc12)OC[NH+](CCc1ccccc1OC)C3. The zero-order valence-electron chi connectivity index (χ0n) is 16.0. The van der Waals surface area contributed by atoms with E-state index < -0.39 is 0 Å². The third-order valence-electron chi connectivity index (χ3n) is 5.29. The van der Waals surface area contributed by atoms with Crippen LogP contribution in [0.25, 0.3) is 11.0 Å². The molecule has 6 heteroatoms. The molecule has 1 N–H and O–H groups in total. The van der Waals surface area contributed by atoms with Gasteiger partial charge in [-0.05, 0) is 29.7 Å². The zero-order valence-corrected chi connectivity index (χ0v) is 16.8. The molecule has 0 amide bonds. The summed E-state index contributed by atoms with van der Waals surface area (Å²) in [6.45, 7) is 4.09. The summed E-state index contributed by atoms with van der Waals surface area (Å²) in [7, 11) is 1.69. The first kappa shape index (κ1) is 18.8. The maximum absolute atomic E-state index is 12.0. The van der Waals surface area contributed by atoms with Gasteiger partial charge in [0.25, 0.3) is 0 Å². The van der Waals surface area contributed by atoms with Crippen molar-refractivity contribution in [2.75, 3.05) is 20.4 Å². The van der Waals surface area contributed by atoms with Crippen LogP contribution in [0.3, 0.4) is 0 Å². The third kappa shape index (κ3) is 3.48. The molecule has 28 heavy (non-hydrogen) atoms. The van der Waals surface area contributed by atoms with E-state index in [-0.39, 0.29) is 5.63 Å². The lowest BCUT2D eigenvalue weighted by atomic mass is 10.0. The average molecular weight is 401 g/mol. The molecule has 0 saturated heterocycles. The Morgan fingerprint density at radius 3 is 2.82 bits per heavy atom. The van der Waals surface area contributed by atoms with Crippen LogP contribution in [0, 0.1) is 0 Å². The summed E-state index contributed by atoms with van der Waals surface area (Å²) in [5, 5.41) is 1.45. The fourth-order valence-electron chi connectivity index (χ4n) is 3.84. The number of rotatable bonds is 5. The van der Waals surface area contributed by atoms with E-state index in [0.29, 0.717) is 29.6 Å². The predicted octanol–water partition coefficient (Wildman–Crippen LogP) is 2.99. The monoisotopic (exact) mass is 400 g/mol. The summed E-state index contributed by atoms with van der Waals surface area (Å²) < 4.78 is 17.0. The van der Waals surface area contributed by atoms with Crippen molar-refractivity contribution >= 4 is 22.6 Å². The van der Waals surface area contributed by atoms with E-state index in [2.05, 4.69) is 6.07 Å². The molecule has 0 bridgehead atoms. The number of benzene rings is 2. The minimum absolute atomic E-state index is 0.338. The van der Waals surface area contributed by atoms with Gasteiger partial charge in [0.15, 0.2) is 11.3 Å². The highest BCUT2D eigenvalue weighted by Crippen LogP contribution is 2.37. The van der Waals surface area contributed by atoms with Crippen LogP contribution in [-0.4, -0.2) is 20.4 Å². The molecule has 3 aromatic rings. The molecule has 0 saturated carbocycles. The number of hydrogen-bond donors (Lipinski definition) is 1. The van der Waals surface area contributed by atoms with Crippen molar-refractivity contribution in [2.24, 2.45) is 0 Å². The first-order valence-electron chi connectivity index (χ1n) is 9.47. The Labute approximate surface area is 168 Å². The molecule has 1 unspecified atom stereocenters. The number of methoxy groups -OCH3 is 1. The fraction of sp³-hybridized carbons (Fsp3) is 0.318. The second-order valence-corrected chi connectivity index (χ2v) is 7.42. The van der Waals surface area contributed by atoms with Gasteiger partial charge < -0.3 is 13.9 Å². The van der Waals surface area contributed by atoms with Crippen LogP contribution in [0.15, 0.2) is 45.6 Å². The van der Waals surface area contributed by atoms with Crippen LogP contribution in [0.1, 0.15) is 23.6 Å². The number of para-hydroxylation sites is 1. The Bertz CT molecular complexity index is 1080. The van der Waals surface area contributed by atoms with Gasteiger partial charge in [-0.2, -0.15) is 0 Å². The summed E-state index contributed by atoms with van der Waals surface area (Å²) in [4.78, 5) is 13.3. The van der Waals surface area contributed by atoms with E-state index in [1.807, 2.05) is 31.2 Å². The summed E-state index contributed by atoms with van der Waals surface area (Å²) in [5.74, 6) is 1.53. The van der Waals surface area contributed by atoms with Gasteiger partial charge in [-0.3, -0.25) is 4.90 Å². The van der Waals surface area contributed by atoms with E-state index in [4.69, 9.17) is 25.5 Å². The van der Waals surface area contributed by atoms with Gasteiger partial charge in [0.2, 0.25) is 6.73 Å². The maximum atomic E-state index is 12.0. The lowest BCUT2D eigenvalue weighted by Gasteiger charge is -2.27. The van der Waals surface area contributed by atoms with Crippen molar-refractivity contribution in [1.82, 2.24) is 0 Å². The first-order chi connectivity index (χ1) is 13.6. The highest BCUT2D eigenvalue weighted by Gasteiger charge is 2.27. The molecule has 1 atom stereocenters. The van der Waals surface area contributed by atoms with Gasteiger partial charge in [0.05, 0.1) is 24.2 Å². The number of ether oxygens (including phenoxy) is 2. The molecule has 0 radical (unpaired) electrons. The molecule has 2 aromatic carbocycles. The normalized spacial score (nSPS) is 15.9. The summed E-state index contributed by atoms with van der Waals surface area (Å²) >= 11 is 6.48. The molecule has 5 nitrogen and oxygen atoms in total. The Morgan fingerprint density at radius 2 is 2.04 bits per heavy atom. The van der Waals surface area contributed by atoms with Crippen LogP contribution >= 0.6 is 11.6 Å². The van der Waals surface area contributed by atoms with Gasteiger partial charge in [-0.25, -0.2) is 4.79 Å². The number of fused-ring (bicyclic) bond motifs is 3. The highest BCUT2D eigenvalue weighted by molar-refractivity contribution is 6.33. The number of nitrogens with one attached hydrogen (secondary N) is 1. The van der Waals surface area contributed by atoms with E-state index in [1.165, 1.54) is 10.5 Å². The molecule has 1 aromatic heterocycles. The maximum Gasteiger partial charge on any atom is 0.336 e. The Balaban J connectivity index is 1.65. The Morgan fingerprint density at radius 1 is 1.21 bits per heavy atom. The van der Waals surface area contributed by atoms with Crippen LogP contribution < -0.4 is 20.0 Å². The van der Waals surface area contributed by atoms with Gasteiger partial charge >= 0.3 is 5.63 Å². The van der Waals surface area contributed by atoms with E-state index >= 15 is 0 Å². The summed E-state index contributed by atoms with van der Waals surface area (Å²) in [6.07, 6.45) is 1.60. The molecule has 146 valence electrons. The highest BCUT2D eigenvalue weighted by atomic mass is 35.5. The lowest BCUT2D eigenvalue weighted by Crippen LogP contribution is -3.12. The van der Waals surface area contributed by atoms with Gasteiger partial charge in [-0.1, -0.05) is 36.7 Å². The van der Waals surface area contributed by atoms with E-state index in [1.54, 1.807) is 13.2 Å². The average Bonchev–Trinajstić information content (AvgIpc) is 2.72. The molecular formula is C22H23ClNO4+. The van der Waals surface area contributed by atoms with Gasteiger partial charge in [0, 0.05) is 17.9 Å². The van der Waals surface area contributed by atoms with Crippen molar-refractivity contribution in [2.45, 2.75) is 26.3 Å². The molecule has 0 aliphatic carbocycles. The number of quaternary nitrogens is 1. The molecule has 1 aliphatic rings. The largest absolute Gasteiger partial charge is 0.496 e. The number of aryl methyl sites for hydroxylation is 1. The van der Waals surface area contributed by atoms with E-state index in [9.17, 15) is 4.79 Å². The van der Waals surface area contributed by atoms with Crippen molar-refractivity contribution in [1.29, 1.82) is 0 Å². The van der Waals surface area contributed by atoms with Crippen molar-refractivity contribution in [3.63, 3.8) is 0 Å². The second kappa shape index (κ2) is 7.86. The summed E-state index contributed by atoms with van der Waals surface area (Å²) in [6, 6.07) is 11.4. The van der Waals surface area contributed by atoms with Crippen molar-refractivity contribution < 1.29 is 18.8 Å². The third-order valence-corrected chi connectivity index (χ3v) is 5.57. The predicted molar refractivity (Wildman–Crippen MR) is 109 cm³/mol. The van der Waals surface area contributed by atoms with Crippen molar-refractivity contribution in [3.05, 3.63) is 68.5 Å². The molecule has 1 aliphatic heterocycles. The topological polar surface area (TPSA) is 53.1 Å². The molecule has 0 spiro atoms. The van der Waals surface area contributed by atoms with E-state index in [0.717, 1.165) is 41.6 Å². The molecule has 2 heterocycles. The molecular weight excluding hydrogens is 378 g/mol. The second-order valence-electron chi connectivity index (χ2n) is 7.01. The Hall–Kier alpha value is -2.50. The fourth-order valence-corrected chi connectivity index (χ4v) is 4.12. The van der Waals surface area contributed by atoms with Gasteiger partial charge in [-0.15, -0.1) is 0 Å². The minimum atomic E-state index is -0.338. The van der Waals surface area contributed by atoms with Crippen molar-refractivity contribution in [3.8, 4) is 11.5 Å². The lowest BCUT2D eigenvalue weighted by molar-refractivity contribution is -0.932. The number of halogens is 1. The van der Waals surface area contributed by atoms with Crippen LogP contribution in [0.4, 0.5) is 0 Å². The number of hydrogen-bond acceptors (Lipinski definition) is 4. The molecule has 0 fully saturated rings. The zero-order chi connectivity index (χ0) is 19.7. The standard InChI is InChI=1S/C22H22ClNO4/c1-3-14-10-20(25)28-21-16(14)11-18(23)22-17(21)12-24(13-27-22)9-8-15-6-4-5-7-19(15)26-2/h4-7,10-11H,3,8-9,12-13H2,1-2H3/p+1. The Kier molecular flexibility index (Phi) is 5.29. The van der Waals surface area contributed by atoms with Crippen LogP contribution in [0.2, 0.25) is 5.02 Å².